The Bertz CT molecular complexity index is 420. The molecular weight excluding hydrogens is 264 g/mol. The molecule has 1 amide bonds. The Hall–Kier alpha value is -1.42. The fourth-order valence-electron chi connectivity index (χ4n) is 1.86. The van der Waals surface area contributed by atoms with Crippen LogP contribution in [0.15, 0.2) is 18.2 Å². The molecule has 0 aromatic heterocycles. The zero-order chi connectivity index (χ0) is 14.3. The van der Waals surface area contributed by atoms with Gasteiger partial charge >= 0.3 is 0 Å². The van der Waals surface area contributed by atoms with Gasteiger partial charge in [-0.05, 0) is 32.0 Å². The SMILES string of the molecule is CCN(CC)C(=O)CCNc1cc(Cl)ccc1OC. The lowest BCUT2D eigenvalue weighted by Crippen LogP contribution is -2.31. The number of rotatable bonds is 7. The molecule has 0 radical (unpaired) electrons. The minimum atomic E-state index is 0.151. The molecule has 0 aliphatic rings. The number of hydrogen-bond acceptors (Lipinski definition) is 3. The van der Waals surface area contributed by atoms with Crippen LogP contribution in [-0.4, -0.2) is 37.6 Å². The van der Waals surface area contributed by atoms with Crippen LogP contribution in [0, 0.1) is 0 Å². The standard InChI is InChI=1S/C14H21ClN2O2/c1-4-17(5-2)14(18)8-9-16-12-10-11(15)6-7-13(12)19-3/h6-7,10,16H,4-5,8-9H2,1-3H3. The number of halogens is 1. The molecular formula is C14H21ClN2O2. The number of methoxy groups -OCH3 is 1. The Morgan fingerprint density at radius 1 is 1.37 bits per heavy atom. The summed E-state index contributed by atoms with van der Waals surface area (Å²) in [6.07, 6.45) is 0.456. The Labute approximate surface area is 119 Å². The maximum atomic E-state index is 11.8. The van der Waals surface area contributed by atoms with Crippen molar-refractivity contribution in [1.82, 2.24) is 4.90 Å². The van der Waals surface area contributed by atoms with Crippen LogP contribution >= 0.6 is 11.6 Å². The molecule has 0 fully saturated rings. The van der Waals surface area contributed by atoms with E-state index in [0.29, 0.717) is 18.0 Å². The summed E-state index contributed by atoms with van der Waals surface area (Å²) in [4.78, 5) is 13.7. The van der Waals surface area contributed by atoms with Crippen LogP contribution < -0.4 is 10.1 Å². The predicted octanol–water partition coefficient (Wildman–Crippen LogP) is 3.02. The first-order chi connectivity index (χ1) is 9.12. The lowest BCUT2D eigenvalue weighted by atomic mass is 10.2. The van der Waals surface area contributed by atoms with Gasteiger partial charge in [-0.2, -0.15) is 0 Å². The number of amides is 1. The minimum absolute atomic E-state index is 0.151. The monoisotopic (exact) mass is 284 g/mol. The topological polar surface area (TPSA) is 41.6 Å². The maximum absolute atomic E-state index is 11.8. The van der Waals surface area contributed by atoms with Crippen LogP contribution in [0.25, 0.3) is 0 Å². The summed E-state index contributed by atoms with van der Waals surface area (Å²) in [7, 11) is 1.61. The van der Waals surface area contributed by atoms with E-state index in [1.54, 1.807) is 25.3 Å². The van der Waals surface area contributed by atoms with E-state index in [1.807, 2.05) is 18.7 Å². The number of nitrogens with one attached hydrogen (secondary N) is 1. The molecule has 106 valence electrons. The smallest absolute Gasteiger partial charge is 0.224 e. The number of ether oxygens (including phenoxy) is 1. The molecule has 1 aromatic carbocycles. The predicted molar refractivity (Wildman–Crippen MR) is 79.0 cm³/mol. The van der Waals surface area contributed by atoms with E-state index >= 15 is 0 Å². The van der Waals surface area contributed by atoms with Gasteiger partial charge < -0.3 is 15.0 Å². The van der Waals surface area contributed by atoms with E-state index in [4.69, 9.17) is 16.3 Å². The first-order valence-electron chi connectivity index (χ1n) is 6.47. The van der Waals surface area contributed by atoms with E-state index in [-0.39, 0.29) is 5.91 Å². The second kappa shape index (κ2) is 7.89. The van der Waals surface area contributed by atoms with Crippen molar-refractivity contribution >= 4 is 23.2 Å². The van der Waals surface area contributed by atoms with E-state index in [1.165, 1.54) is 0 Å². The molecule has 0 unspecified atom stereocenters. The summed E-state index contributed by atoms with van der Waals surface area (Å²) in [5.41, 5.74) is 0.808. The van der Waals surface area contributed by atoms with Crippen LogP contribution in [-0.2, 0) is 4.79 Å². The molecule has 1 aromatic rings. The lowest BCUT2D eigenvalue weighted by molar-refractivity contribution is -0.130. The number of carbonyl (C=O) groups excluding carboxylic acids is 1. The first-order valence-corrected chi connectivity index (χ1v) is 6.85. The van der Waals surface area contributed by atoms with Gasteiger partial charge in [-0.25, -0.2) is 0 Å². The van der Waals surface area contributed by atoms with E-state index in [9.17, 15) is 4.79 Å². The molecule has 0 saturated heterocycles. The molecule has 0 aliphatic carbocycles. The Balaban J connectivity index is 2.53. The number of benzene rings is 1. The highest BCUT2D eigenvalue weighted by molar-refractivity contribution is 6.30. The zero-order valence-electron chi connectivity index (χ0n) is 11.7. The summed E-state index contributed by atoms with van der Waals surface area (Å²) in [5.74, 6) is 0.873. The normalized spacial score (nSPS) is 10.1. The molecule has 0 aliphatic heterocycles. The van der Waals surface area contributed by atoms with Crippen LogP contribution in [0.3, 0.4) is 0 Å². The van der Waals surface area contributed by atoms with Crippen molar-refractivity contribution in [2.75, 3.05) is 32.1 Å². The molecule has 4 nitrogen and oxygen atoms in total. The van der Waals surface area contributed by atoms with E-state index in [0.717, 1.165) is 24.5 Å². The molecule has 0 spiro atoms. The zero-order valence-corrected chi connectivity index (χ0v) is 12.5. The van der Waals surface area contributed by atoms with Gasteiger partial charge in [-0.1, -0.05) is 11.6 Å². The summed E-state index contributed by atoms with van der Waals surface area (Å²) < 4.78 is 5.23. The van der Waals surface area contributed by atoms with Gasteiger partial charge in [0.2, 0.25) is 5.91 Å². The third kappa shape index (κ3) is 4.63. The first kappa shape index (κ1) is 15.6. The number of nitrogens with zero attached hydrogens (tertiary/aromatic N) is 1. The van der Waals surface area contributed by atoms with Crippen molar-refractivity contribution < 1.29 is 9.53 Å². The summed E-state index contributed by atoms with van der Waals surface area (Å²) in [6, 6.07) is 5.37. The van der Waals surface area contributed by atoms with Crippen LogP contribution in [0.4, 0.5) is 5.69 Å². The minimum Gasteiger partial charge on any atom is -0.495 e. The summed E-state index contributed by atoms with van der Waals surface area (Å²) in [5, 5.41) is 3.82. The number of carbonyl (C=O) groups is 1. The average molecular weight is 285 g/mol. The van der Waals surface area contributed by atoms with Gasteiger partial charge in [0.05, 0.1) is 12.8 Å². The highest BCUT2D eigenvalue weighted by Gasteiger charge is 2.09. The highest BCUT2D eigenvalue weighted by Crippen LogP contribution is 2.27. The number of hydrogen-bond donors (Lipinski definition) is 1. The van der Waals surface area contributed by atoms with Gasteiger partial charge in [0, 0.05) is 31.1 Å². The second-order valence-electron chi connectivity index (χ2n) is 4.09. The maximum Gasteiger partial charge on any atom is 0.224 e. The lowest BCUT2D eigenvalue weighted by Gasteiger charge is -2.19. The Morgan fingerprint density at radius 2 is 2.05 bits per heavy atom. The molecule has 1 rings (SSSR count). The quantitative estimate of drug-likeness (QED) is 0.837. The van der Waals surface area contributed by atoms with Crippen molar-refractivity contribution in [1.29, 1.82) is 0 Å². The molecule has 0 heterocycles. The largest absolute Gasteiger partial charge is 0.495 e. The van der Waals surface area contributed by atoms with E-state index in [2.05, 4.69) is 5.32 Å². The molecule has 5 heteroatoms. The van der Waals surface area contributed by atoms with Crippen molar-refractivity contribution in [3.8, 4) is 5.75 Å². The third-order valence-electron chi connectivity index (χ3n) is 2.93. The fourth-order valence-corrected chi connectivity index (χ4v) is 2.03. The van der Waals surface area contributed by atoms with Gasteiger partial charge in [-0.3, -0.25) is 4.79 Å². The summed E-state index contributed by atoms with van der Waals surface area (Å²) >= 11 is 5.94. The fraction of sp³-hybridized carbons (Fsp3) is 0.500. The summed E-state index contributed by atoms with van der Waals surface area (Å²) in [6.45, 7) is 6.02. The van der Waals surface area contributed by atoms with Gasteiger partial charge in [0.15, 0.2) is 0 Å². The van der Waals surface area contributed by atoms with Crippen molar-refractivity contribution in [3.63, 3.8) is 0 Å². The molecule has 0 atom stereocenters. The van der Waals surface area contributed by atoms with Crippen LogP contribution in [0.2, 0.25) is 5.02 Å². The van der Waals surface area contributed by atoms with Crippen molar-refractivity contribution in [3.05, 3.63) is 23.2 Å². The Kier molecular flexibility index (Phi) is 6.50. The van der Waals surface area contributed by atoms with Gasteiger partial charge in [0.1, 0.15) is 5.75 Å². The van der Waals surface area contributed by atoms with Crippen LogP contribution in [0.5, 0.6) is 5.75 Å². The third-order valence-corrected chi connectivity index (χ3v) is 3.17. The van der Waals surface area contributed by atoms with Crippen molar-refractivity contribution in [2.45, 2.75) is 20.3 Å². The molecule has 0 bridgehead atoms. The van der Waals surface area contributed by atoms with E-state index < -0.39 is 0 Å². The van der Waals surface area contributed by atoms with Crippen LogP contribution in [0.1, 0.15) is 20.3 Å². The Morgan fingerprint density at radius 3 is 2.63 bits per heavy atom. The van der Waals surface area contributed by atoms with Gasteiger partial charge in [0.25, 0.3) is 0 Å². The second-order valence-corrected chi connectivity index (χ2v) is 4.52. The molecule has 0 saturated carbocycles. The van der Waals surface area contributed by atoms with Crippen molar-refractivity contribution in [2.24, 2.45) is 0 Å². The average Bonchev–Trinajstić information content (AvgIpc) is 2.40. The molecule has 19 heavy (non-hydrogen) atoms. The molecule has 1 N–H and O–H groups in total. The highest BCUT2D eigenvalue weighted by atomic mass is 35.5. The van der Waals surface area contributed by atoms with Gasteiger partial charge in [-0.15, -0.1) is 0 Å². The number of anilines is 1.